The SMILES string of the molecule is Cc1ccccc1-c1ccccc1-c1ccc(N(c2ccc(-c3ccccc3-c3ccccc3)cc2)c2cccc3c2sc2ccccc23)cc1. The molecule has 0 spiro atoms. The van der Waals surface area contributed by atoms with E-state index in [2.05, 4.69) is 206 Å². The molecule has 8 aromatic carbocycles. The summed E-state index contributed by atoms with van der Waals surface area (Å²) in [7, 11) is 0. The lowest BCUT2D eigenvalue weighted by molar-refractivity contribution is 1.30. The normalized spacial score (nSPS) is 11.2. The molecule has 0 saturated carbocycles. The van der Waals surface area contributed by atoms with Crippen molar-refractivity contribution in [2.45, 2.75) is 6.92 Å². The molecule has 51 heavy (non-hydrogen) atoms. The van der Waals surface area contributed by atoms with Crippen molar-refractivity contribution >= 4 is 48.6 Å². The van der Waals surface area contributed by atoms with Crippen molar-refractivity contribution in [2.24, 2.45) is 0 Å². The van der Waals surface area contributed by atoms with E-state index in [0.717, 1.165) is 11.4 Å². The van der Waals surface area contributed by atoms with E-state index in [4.69, 9.17) is 0 Å². The summed E-state index contributed by atoms with van der Waals surface area (Å²) < 4.78 is 2.59. The molecule has 1 aromatic heterocycles. The Balaban J connectivity index is 1.17. The van der Waals surface area contributed by atoms with E-state index >= 15 is 0 Å². The number of nitrogens with zero attached hydrogens (tertiary/aromatic N) is 1. The minimum atomic E-state index is 1.12. The quantitative estimate of drug-likeness (QED) is 0.163. The Morgan fingerprint density at radius 1 is 0.353 bits per heavy atom. The molecular formula is C49H35NS. The standard InChI is InChI=1S/C49H35NS/c1-34-14-5-6-17-40(34)44-21-10-9-20-43(44)37-28-32-39(33-29-37)50(47-24-13-23-46-45-22-11-12-25-48(45)51-49(46)47)38-30-26-36(27-31-38)42-19-8-7-18-41(42)35-15-3-2-4-16-35/h2-33H,1H3. The Morgan fingerprint density at radius 3 is 1.45 bits per heavy atom. The molecule has 0 aliphatic rings. The molecule has 0 saturated heterocycles. The maximum absolute atomic E-state index is 2.42. The van der Waals surface area contributed by atoms with Gasteiger partial charge in [-0.25, -0.2) is 0 Å². The first-order valence-corrected chi connectivity index (χ1v) is 18.3. The van der Waals surface area contributed by atoms with Gasteiger partial charge in [-0.15, -0.1) is 11.3 Å². The van der Waals surface area contributed by atoms with Crippen molar-refractivity contribution in [3.8, 4) is 44.5 Å². The average Bonchev–Trinajstić information content (AvgIpc) is 3.59. The first-order valence-electron chi connectivity index (χ1n) is 17.4. The molecule has 0 fully saturated rings. The van der Waals surface area contributed by atoms with Crippen molar-refractivity contribution in [1.29, 1.82) is 0 Å². The van der Waals surface area contributed by atoms with Gasteiger partial charge in [-0.1, -0.05) is 158 Å². The lowest BCUT2D eigenvalue weighted by Gasteiger charge is -2.27. The van der Waals surface area contributed by atoms with E-state index in [9.17, 15) is 0 Å². The van der Waals surface area contributed by atoms with Crippen molar-refractivity contribution in [1.82, 2.24) is 0 Å². The second kappa shape index (κ2) is 13.2. The second-order valence-electron chi connectivity index (χ2n) is 13.0. The highest BCUT2D eigenvalue weighted by atomic mass is 32.1. The summed E-state index contributed by atoms with van der Waals surface area (Å²) in [6, 6.07) is 70.3. The number of fused-ring (bicyclic) bond motifs is 3. The fraction of sp³-hybridized carbons (Fsp3) is 0.0204. The van der Waals surface area contributed by atoms with Crippen LogP contribution in [-0.4, -0.2) is 0 Å². The van der Waals surface area contributed by atoms with Gasteiger partial charge in [-0.05, 0) is 93.4 Å². The zero-order valence-electron chi connectivity index (χ0n) is 28.3. The summed E-state index contributed by atoms with van der Waals surface area (Å²) in [5, 5.41) is 2.59. The van der Waals surface area contributed by atoms with Crippen LogP contribution in [0.5, 0.6) is 0 Å². The van der Waals surface area contributed by atoms with Gasteiger partial charge in [0.25, 0.3) is 0 Å². The summed E-state index contributed by atoms with van der Waals surface area (Å²) in [6.45, 7) is 2.19. The molecule has 0 amide bonds. The Kier molecular flexibility index (Phi) is 8.00. The fourth-order valence-corrected chi connectivity index (χ4v) is 8.57. The summed E-state index contributed by atoms with van der Waals surface area (Å²) in [6.07, 6.45) is 0. The molecule has 0 unspecified atom stereocenters. The van der Waals surface area contributed by atoms with Crippen LogP contribution in [0.15, 0.2) is 194 Å². The van der Waals surface area contributed by atoms with Crippen LogP contribution in [0.4, 0.5) is 17.1 Å². The van der Waals surface area contributed by atoms with E-state index in [1.807, 2.05) is 11.3 Å². The Morgan fingerprint density at radius 2 is 0.824 bits per heavy atom. The largest absolute Gasteiger partial charge is 0.309 e. The number of anilines is 3. The van der Waals surface area contributed by atoms with Gasteiger partial charge in [-0.2, -0.15) is 0 Å². The highest BCUT2D eigenvalue weighted by molar-refractivity contribution is 7.26. The number of aryl methyl sites for hydroxylation is 1. The predicted molar refractivity (Wildman–Crippen MR) is 220 cm³/mol. The molecule has 0 N–H and O–H groups in total. The number of hydrogen-bond acceptors (Lipinski definition) is 2. The molecular weight excluding hydrogens is 635 g/mol. The number of rotatable bonds is 7. The van der Waals surface area contributed by atoms with Crippen molar-refractivity contribution < 1.29 is 0 Å². The molecule has 0 atom stereocenters. The molecule has 0 bridgehead atoms. The molecule has 1 nitrogen and oxygen atoms in total. The Bertz CT molecular complexity index is 2630. The lowest BCUT2D eigenvalue weighted by atomic mass is 9.92. The summed E-state index contributed by atoms with van der Waals surface area (Å²) >= 11 is 1.86. The monoisotopic (exact) mass is 669 g/mol. The smallest absolute Gasteiger partial charge is 0.0640 e. The van der Waals surface area contributed by atoms with Gasteiger partial charge in [-0.3, -0.25) is 0 Å². The molecule has 9 rings (SSSR count). The predicted octanol–water partition coefficient (Wildman–Crippen LogP) is 14.5. The van der Waals surface area contributed by atoms with Gasteiger partial charge >= 0.3 is 0 Å². The van der Waals surface area contributed by atoms with Crippen LogP contribution in [0.1, 0.15) is 5.56 Å². The van der Waals surface area contributed by atoms with E-state index < -0.39 is 0 Å². The van der Waals surface area contributed by atoms with Gasteiger partial charge < -0.3 is 4.90 Å². The summed E-state index contributed by atoms with van der Waals surface area (Å²) in [4.78, 5) is 2.42. The van der Waals surface area contributed by atoms with E-state index in [1.54, 1.807) is 0 Å². The van der Waals surface area contributed by atoms with Gasteiger partial charge in [0.15, 0.2) is 0 Å². The third-order valence-electron chi connectivity index (χ3n) is 9.87. The minimum absolute atomic E-state index is 1.12. The molecule has 242 valence electrons. The third-order valence-corrected chi connectivity index (χ3v) is 11.1. The van der Waals surface area contributed by atoms with Crippen LogP contribution < -0.4 is 4.90 Å². The maximum atomic E-state index is 2.42. The molecule has 9 aromatic rings. The highest BCUT2D eigenvalue weighted by Crippen LogP contribution is 2.46. The van der Waals surface area contributed by atoms with Crippen LogP contribution >= 0.6 is 11.3 Å². The van der Waals surface area contributed by atoms with Crippen molar-refractivity contribution in [2.75, 3.05) is 4.90 Å². The summed E-state index contributed by atoms with van der Waals surface area (Å²) in [5.41, 5.74) is 14.5. The Labute approximate surface area is 303 Å². The van der Waals surface area contributed by atoms with Crippen molar-refractivity contribution in [3.63, 3.8) is 0 Å². The van der Waals surface area contributed by atoms with Gasteiger partial charge in [0.05, 0.1) is 10.4 Å². The number of thiophene rings is 1. The van der Waals surface area contributed by atoms with Crippen molar-refractivity contribution in [3.05, 3.63) is 200 Å². The van der Waals surface area contributed by atoms with E-state index in [0.29, 0.717) is 0 Å². The number of hydrogen-bond donors (Lipinski definition) is 0. The van der Waals surface area contributed by atoms with E-state index in [1.165, 1.54) is 75.9 Å². The molecule has 0 radical (unpaired) electrons. The molecule has 1 heterocycles. The lowest BCUT2D eigenvalue weighted by Crippen LogP contribution is -2.10. The van der Waals surface area contributed by atoms with E-state index in [-0.39, 0.29) is 0 Å². The third kappa shape index (κ3) is 5.70. The average molecular weight is 670 g/mol. The summed E-state index contributed by atoms with van der Waals surface area (Å²) in [5.74, 6) is 0. The van der Waals surface area contributed by atoms with Gasteiger partial charge in [0, 0.05) is 26.8 Å². The van der Waals surface area contributed by atoms with Crippen LogP contribution in [-0.2, 0) is 0 Å². The molecule has 0 aliphatic heterocycles. The van der Waals surface area contributed by atoms with Gasteiger partial charge in [0.2, 0.25) is 0 Å². The van der Waals surface area contributed by atoms with Crippen LogP contribution in [0.3, 0.4) is 0 Å². The minimum Gasteiger partial charge on any atom is -0.309 e. The van der Waals surface area contributed by atoms with Gasteiger partial charge in [0.1, 0.15) is 0 Å². The van der Waals surface area contributed by atoms with Crippen LogP contribution in [0.25, 0.3) is 64.7 Å². The highest BCUT2D eigenvalue weighted by Gasteiger charge is 2.19. The first-order chi connectivity index (χ1) is 25.2. The zero-order valence-corrected chi connectivity index (χ0v) is 29.1. The topological polar surface area (TPSA) is 3.24 Å². The number of benzene rings is 8. The molecule has 0 aliphatic carbocycles. The second-order valence-corrected chi connectivity index (χ2v) is 14.0. The first kappa shape index (κ1) is 30.8. The maximum Gasteiger partial charge on any atom is 0.0640 e. The molecule has 2 heteroatoms. The van der Waals surface area contributed by atoms with Crippen LogP contribution in [0.2, 0.25) is 0 Å². The zero-order chi connectivity index (χ0) is 34.1. The van der Waals surface area contributed by atoms with Crippen LogP contribution in [0, 0.1) is 6.92 Å². The Hall–Kier alpha value is -6.22. The fourth-order valence-electron chi connectivity index (χ4n) is 7.36.